The molecule has 0 fully saturated rings. The Hall–Kier alpha value is -3.26. The molecule has 154 valence electrons. The van der Waals surface area contributed by atoms with Crippen molar-refractivity contribution in [3.05, 3.63) is 73.1 Å². The second-order valence-corrected chi connectivity index (χ2v) is 8.03. The lowest BCUT2D eigenvalue weighted by Gasteiger charge is -2.26. The highest BCUT2D eigenvalue weighted by molar-refractivity contribution is 8.00. The van der Waals surface area contributed by atoms with E-state index in [-0.39, 0.29) is 11.2 Å². The number of thioether (sulfide) groups is 1. The van der Waals surface area contributed by atoms with Crippen LogP contribution >= 0.6 is 11.8 Å². The number of carbonyl (C=O) groups is 1. The number of carbonyl (C=O) groups excluding carboxylic acids is 1. The van der Waals surface area contributed by atoms with Crippen LogP contribution in [0.5, 0.6) is 11.5 Å². The van der Waals surface area contributed by atoms with Gasteiger partial charge in [-0.25, -0.2) is 0 Å². The maximum Gasteiger partial charge on any atom is 0.237 e. The summed E-state index contributed by atoms with van der Waals surface area (Å²) in [5.41, 5.74) is 0.759. The van der Waals surface area contributed by atoms with Crippen LogP contribution in [0.3, 0.4) is 0 Å². The summed E-state index contributed by atoms with van der Waals surface area (Å²) in [7, 11) is 0. The largest absolute Gasteiger partial charge is 0.485 e. The zero-order valence-electron chi connectivity index (χ0n) is 16.5. The first-order chi connectivity index (χ1) is 14.7. The van der Waals surface area contributed by atoms with Crippen molar-refractivity contribution >= 4 is 23.4 Å². The van der Waals surface area contributed by atoms with Gasteiger partial charge in [-0.15, -0.1) is 16.8 Å². The third kappa shape index (κ3) is 4.33. The van der Waals surface area contributed by atoms with Crippen molar-refractivity contribution in [2.24, 2.45) is 0 Å². The molecular formula is C22H22N4O3S. The van der Waals surface area contributed by atoms with E-state index in [1.165, 1.54) is 11.8 Å². The van der Waals surface area contributed by atoms with E-state index in [9.17, 15) is 4.79 Å². The standard InChI is InChI=1S/C22H22N4O3S/c1-3-13-26-20(19-14-28-17-11-7-8-12-18(17)29-19)24-25-22(26)30-15(2)21(27)23-16-9-5-4-6-10-16/h3-12,15,19H,1,13-14H2,2H3,(H,23,27). The second kappa shape index (κ2) is 9.04. The SMILES string of the molecule is C=CCn1c(SC(C)C(=O)Nc2ccccc2)nnc1C1COc2ccccc2O1. The molecule has 0 saturated heterocycles. The lowest BCUT2D eigenvalue weighted by molar-refractivity contribution is -0.115. The predicted molar refractivity (Wildman–Crippen MR) is 116 cm³/mol. The van der Waals surface area contributed by atoms with Crippen LogP contribution in [0.25, 0.3) is 0 Å². The molecule has 1 aromatic heterocycles. The van der Waals surface area contributed by atoms with Crippen molar-refractivity contribution in [3.8, 4) is 11.5 Å². The van der Waals surface area contributed by atoms with Crippen LogP contribution in [0, 0.1) is 0 Å². The third-order valence-corrected chi connectivity index (χ3v) is 5.63. The summed E-state index contributed by atoms with van der Waals surface area (Å²) in [5, 5.41) is 11.8. The Morgan fingerprint density at radius 3 is 2.73 bits per heavy atom. The third-order valence-electron chi connectivity index (χ3n) is 4.55. The van der Waals surface area contributed by atoms with Gasteiger partial charge in [-0.2, -0.15) is 0 Å². The van der Waals surface area contributed by atoms with Crippen molar-refractivity contribution in [1.29, 1.82) is 0 Å². The molecular weight excluding hydrogens is 400 g/mol. The average Bonchev–Trinajstić information content (AvgIpc) is 3.16. The zero-order chi connectivity index (χ0) is 20.9. The molecule has 0 aliphatic carbocycles. The van der Waals surface area contributed by atoms with Crippen LogP contribution in [0.1, 0.15) is 18.9 Å². The topological polar surface area (TPSA) is 78.3 Å². The number of ether oxygens (including phenoxy) is 2. The highest BCUT2D eigenvalue weighted by Crippen LogP contribution is 2.36. The first-order valence-corrected chi connectivity index (χ1v) is 10.5. The molecule has 0 radical (unpaired) electrons. The number of para-hydroxylation sites is 3. The number of rotatable bonds is 7. The monoisotopic (exact) mass is 422 g/mol. The fraction of sp³-hybridized carbons (Fsp3) is 0.227. The van der Waals surface area contributed by atoms with E-state index in [0.29, 0.717) is 35.6 Å². The second-order valence-electron chi connectivity index (χ2n) is 6.72. The summed E-state index contributed by atoms with van der Waals surface area (Å²) >= 11 is 1.34. The quantitative estimate of drug-likeness (QED) is 0.456. The van der Waals surface area contributed by atoms with Crippen molar-refractivity contribution in [2.75, 3.05) is 11.9 Å². The molecule has 2 atom stereocenters. The number of hydrogen-bond acceptors (Lipinski definition) is 6. The van der Waals surface area contributed by atoms with Crippen molar-refractivity contribution < 1.29 is 14.3 Å². The lowest BCUT2D eigenvalue weighted by Crippen LogP contribution is -2.25. The summed E-state index contributed by atoms with van der Waals surface area (Å²) < 4.78 is 13.8. The summed E-state index contributed by atoms with van der Waals surface area (Å²) in [6.07, 6.45) is 1.37. The Morgan fingerprint density at radius 2 is 1.97 bits per heavy atom. The van der Waals surface area contributed by atoms with Gasteiger partial charge in [0.25, 0.3) is 0 Å². The fourth-order valence-electron chi connectivity index (χ4n) is 3.05. The number of allylic oxidation sites excluding steroid dienone is 1. The maximum atomic E-state index is 12.6. The van der Waals surface area contributed by atoms with Gasteiger partial charge in [0.2, 0.25) is 5.91 Å². The van der Waals surface area contributed by atoms with Crippen LogP contribution < -0.4 is 14.8 Å². The first-order valence-electron chi connectivity index (χ1n) is 9.60. The first kappa shape index (κ1) is 20.0. The van der Waals surface area contributed by atoms with E-state index in [1.807, 2.05) is 66.1 Å². The van der Waals surface area contributed by atoms with Crippen molar-refractivity contribution in [3.63, 3.8) is 0 Å². The van der Waals surface area contributed by atoms with Crippen LogP contribution in [0.2, 0.25) is 0 Å². The summed E-state index contributed by atoms with van der Waals surface area (Å²) in [6, 6.07) is 16.9. The highest BCUT2D eigenvalue weighted by atomic mass is 32.2. The van der Waals surface area contributed by atoms with E-state index in [1.54, 1.807) is 6.08 Å². The molecule has 1 aliphatic rings. The highest BCUT2D eigenvalue weighted by Gasteiger charge is 2.29. The molecule has 3 aromatic rings. The van der Waals surface area contributed by atoms with Gasteiger partial charge < -0.3 is 14.8 Å². The zero-order valence-corrected chi connectivity index (χ0v) is 17.3. The minimum absolute atomic E-state index is 0.105. The molecule has 7 nitrogen and oxygen atoms in total. The van der Waals surface area contributed by atoms with E-state index in [4.69, 9.17) is 9.47 Å². The molecule has 2 unspecified atom stereocenters. The number of nitrogens with zero attached hydrogens (tertiary/aromatic N) is 3. The molecule has 4 rings (SSSR count). The average molecular weight is 423 g/mol. The molecule has 30 heavy (non-hydrogen) atoms. The Labute approximate surface area is 179 Å². The van der Waals surface area contributed by atoms with Gasteiger partial charge in [0.05, 0.1) is 5.25 Å². The van der Waals surface area contributed by atoms with Crippen molar-refractivity contribution in [1.82, 2.24) is 14.8 Å². The summed E-state index contributed by atoms with van der Waals surface area (Å²) in [4.78, 5) is 12.6. The van der Waals surface area contributed by atoms with Gasteiger partial charge in [-0.1, -0.05) is 48.2 Å². The maximum absolute atomic E-state index is 12.6. The molecule has 8 heteroatoms. The predicted octanol–water partition coefficient (Wildman–Crippen LogP) is 4.10. The van der Waals surface area contributed by atoms with Crippen LogP contribution in [-0.2, 0) is 11.3 Å². The Morgan fingerprint density at radius 1 is 1.23 bits per heavy atom. The van der Waals surface area contributed by atoms with Crippen LogP contribution in [0.4, 0.5) is 5.69 Å². The molecule has 2 aromatic carbocycles. The van der Waals surface area contributed by atoms with E-state index >= 15 is 0 Å². The fourth-order valence-corrected chi connectivity index (χ4v) is 3.92. The Kier molecular flexibility index (Phi) is 6.04. The number of anilines is 1. The summed E-state index contributed by atoms with van der Waals surface area (Å²) in [5.74, 6) is 1.92. The molecule has 0 spiro atoms. The van der Waals surface area contributed by atoms with E-state index in [0.717, 1.165) is 5.69 Å². The summed E-state index contributed by atoms with van der Waals surface area (Å²) in [6.45, 7) is 6.50. The van der Waals surface area contributed by atoms with Gasteiger partial charge >= 0.3 is 0 Å². The van der Waals surface area contributed by atoms with E-state index < -0.39 is 6.10 Å². The minimum Gasteiger partial charge on any atom is -0.485 e. The van der Waals surface area contributed by atoms with Gasteiger partial charge in [-0.05, 0) is 31.2 Å². The minimum atomic E-state index is -0.393. The molecule has 1 amide bonds. The molecule has 0 bridgehead atoms. The van der Waals surface area contributed by atoms with Gasteiger partial charge in [0.15, 0.2) is 28.6 Å². The Bertz CT molecular complexity index is 1040. The van der Waals surface area contributed by atoms with E-state index in [2.05, 4.69) is 22.1 Å². The van der Waals surface area contributed by atoms with Gasteiger partial charge in [0.1, 0.15) is 6.61 Å². The van der Waals surface area contributed by atoms with Gasteiger partial charge in [0, 0.05) is 12.2 Å². The number of amides is 1. The smallest absolute Gasteiger partial charge is 0.237 e. The number of hydrogen-bond donors (Lipinski definition) is 1. The Balaban J connectivity index is 1.50. The molecule has 2 heterocycles. The molecule has 1 aliphatic heterocycles. The number of benzene rings is 2. The molecule has 0 saturated carbocycles. The normalized spacial score (nSPS) is 16.0. The lowest BCUT2D eigenvalue weighted by atomic mass is 10.2. The van der Waals surface area contributed by atoms with Crippen LogP contribution in [-0.4, -0.2) is 32.5 Å². The van der Waals surface area contributed by atoms with Crippen molar-refractivity contribution in [2.45, 2.75) is 30.0 Å². The number of aromatic nitrogens is 3. The van der Waals surface area contributed by atoms with Crippen LogP contribution in [0.15, 0.2) is 72.4 Å². The molecule has 1 N–H and O–H groups in total. The number of nitrogens with one attached hydrogen (secondary N) is 1. The van der Waals surface area contributed by atoms with Gasteiger partial charge in [-0.3, -0.25) is 9.36 Å². The number of fused-ring (bicyclic) bond motifs is 1.